The summed E-state index contributed by atoms with van der Waals surface area (Å²) in [6.45, 7) is 2.55. The lowest BCUT2D eigenvalue weighted by atomic mass is 10.0. The van der Waals surface area contributed by atoms with Crippen molar-refractivity contribution in [2.75, 3.05) is 19.8 Å². The largest absolute Gasteiger partial charge is 0.394 e. The van der Waals surface area contributed by atoms with Crippen molar-refractivity contribution in [3.63, 3.8) is 0 Å². The monoisotopic (exact) mass is 330 g/mol. The predicted molar refractivity (Wildman–Crippen MR) is 90.3 cm³/mol. The quantitative estimate of drug-likeness (QED) is 0.377. The van der Waals surface area contributed by atoms with E-state index in [2.05, 4.69) is 19.1 Å². The van der Waals surface area contributed by atoms with Crippen molar-refractivity contribution in [1.82, 2.24) is 0 Å². The molecule has 1 aliphatic heterocycles. The molecule has 5 heteroatoms. The lowest BCUT2D eigenvalue weighted by Crippen LogP contribution is -2.55. The average Bonchev–Trinajstić information content (AvgIpc) is 2.55. The molecule has 3 N–H and O–H groups in total. The van der Waals surface area contributed by atoms with E-state index in [0.717, 1.165) is 19.3 Å². The van der Waals surface area contributed by atoms with E-state index in [1.807, 2.05) is 0 Å². The first-order chi connectivity index (χ1) is 11.2. The zero-order chi connectivity index (χ0) is 16.9. The Kier molecular flexibility index (Phi) is 11.5. The first-order valence-corrected chi connectivity index (χ1v) is 9.05. The Morgan fingerprint density at radius 1 is 1.04 bits per heavy atom. The number of hydrogen-bond acceptors (Lipinski definition) is 5. The molecule has 5 nitrogen and oxygen atoms in total. The third kappa shape index (κ3) is 8.27. The van der Waals surface area contributed by atoms with E-state index in [1.54, 1.807) is 0 Å². The predicted octanol–water partition coefficient (Wildman–Crippen LogP) is 2.18. The van der Waals surface area contributed by atoms with Crippen LogP contribution in [0.1, 0.15) is 58.3 Å². The van der Waals surface area contributed by atoms with Crippen LogP contribution in [0, 0.1) is 0 Å². The summed E-state index contributed by atoms with van der Waals surface area (Å²) in [5.74, 6) is 0. The molecular weight excluding hydrogens is 296 g/mol. The fraction of sp³-hybridized carbons (Fsp3) is 0.889. The number of rotatable bonds is 12. The smallest absolute Gasteiger partial charge is 0.114 e. The molecule has 0 aromatic rings. The highest BCUT2D eigenvalue weighted by atomic mass is 16.6. The zero-order valence-electron chi connectivity index (χ0n) is 14.4. The molecule has 0 aromatic carbocycles. The number of ether oxygens (including phenoxy) is 2. The van der Waals surface area contributed by atoms with Gasteiger partial charge in [0.2, 0.25) is 0 Å². The fourth-order valence-electron chi connectivity index (χ4n) is 2.73. The molecule has 0 radical (unpaired) electrons. The maximum Gasteiger partial charge on any atom is 0.114 e. The summed E-state index contributed by atoms with van der Waals surface area (Å²) in [4.78, 5) is 0. The van der Waals surface area contributed by atoms with Gasteiger partial charge in [-0.05, 0) is 32.1 Å². The number of aliphatic hydroxyl groups is 3. The summed E-state index contributed by atoms with van der Waals surface area (Å²) < 4.78 is 10.7. The first-order valence-electron chi connectivity index (χ1n) is 9.05. The second-order valence-corrected chi connectivity index (χ2v) is 6.26. The van der Waals surface area contributed by atoms with Crippen molar-refractivity contribution in [2.45, 2.75) is 82.7 Å². The highest BCUT2D eigenvalue weighted by molar-refractivity contribution is 4.87. The van der Waals surface area contributed by atoms with Gasteiger partial charge in [-0.1, -0.05) is 38.3 Å². The van der Waals surface area contributed by atoms with Crippen LogP contribution in [-0.2, 0) is 9.47 Å². The molecule has 0 saturated carbocycles. The number of hydrogen-bond donors (Lipinski definition) is 3. The highest BCUT2D eigenvalue weighted by Gasteiger charge is 2.38. The van der Waals surface area contributed by atoms with Crippen LogP contribution in [-0.4, -0.2) is 59.6 Å². The van der Waals surface area contributed by atoms with Crippen molar-refractivity contribution in [3.05, 3.63) is 12.2 Å². The topological polar surface area (TPSA) is 79.2 Å². The molecule has 0 aliphatic carbocycles. The van der Waals surface area contributed by atoms with Crippen LogP contribution in [0.3, 0.4) is 0 Å². The van der Waals surface area contributed by atoms with E-state index in [1.165, 1.54) is 32.1 Å². The SMILES string of the molecule is CCCCCC/C=C/CCCCO[C@H]1[C@H](O)[C@@H](CO)OC[C@@H]1O. The molecule has 136 valence electrons. The maximum absolute atomic E-state index is 9.98. The standard InChI is InChI=1S/C18H34O5/c1-2-3-4-5-6-7-8-9-10-11-12-22-18-15(20)14-23-16(13-19)17(18)21/h7-8,15-21H,2-6,9-14H2,1H3/b8-7+/t15-,16+,17+,18+/m0/s1. The van der Waals surface area contributed by atoms with Crippen LogP contribution in [0.2, 0.25) is 0 Å². The van der Waals surface area contributed by atoms with E-state index < -0.39 is 24.4 Å². The van der Waals surface area contributed by atoms with Gasteiger partial charge in [-0.15, -0.1) is 0 Å². The van der Waals surface area contributed by atoms with Gasteiger partial charge in [-0.25, -0.2) is 0 Å². The number of unbranched alkanes of at least 4 members (excludes halogenated alkanes) is 6. The lowest BCUT2D eigenvalue weighted by Gasteiger charge is -2.37. The summed E-state index contributed by atoms with van der Waals surface area (Å²) in [6.07, 6.45) is 10.7. The Labute approximate surface area is 140 Å². The van der Waals surface area contributed by atoms with Gasteiger partial charge in [0.05, 0.1) is 13.2 Å². The first kappa shape index (κ1) is 20.6. The molecule has 0 bridgehead atoms. The molecule has 1 fully saturated rings. The summed E-state index contributed by atoms with van der Waals surface area (Å²) in [5.41, 5.74) is 0. The minimum Gasteiger partial charge on any atom is -0.394 e. The van der Waals surface area contributed by atoms with Crippen molar-refractivity contribution in [3.8, 4) is 0 Å². The molecule has 1 heterocycles. The van der Waals surface area contributed by atoms with Crippen LogP contribution in [0.4, 0.5) is 0 Å². The molecule has 0 unspecified atom stereocenters. The zero-order valence-corrected chi connectivity index (χ0v) is 14.4. The van der Waals surface area contributed by atoms with Crippen LogP contribution >= 0.6 is 0 Å². The molecule has 23 heavy (non-hydrogen) atoms. The van der Waals surface area contributed by atoms with Gasteiger partial charge < -0.3 is 24.8 Å². The summed E-state index contributed by atoms with van der Waals surface area (Å²) in [6, 6.07) is 0. The normalized spacial score (nSPS) is 28.5. The summed E-state index contributed by atoms with van der Waals surface area (Å²) >= 11 is 0. The third-order valence-corrected chi connectivity index (χ3v) is 4.22. The fourth-order valence-corrected chi connectivity index (χ4v) is 2.73. The van der Waals surface area contributed by atoms with Crippen LogP contribution < -0.4 is 0 Å². The van der Waals surface area contributed by atoms with E-state index >= 15 is 0 Å². The number of allylic oxidation sites excluding steroid dienone is 2. The third-order valence-electron chi connectivity index (χ3n) is 4.22. The minimum atomic E-state index is -0.980. The molecule has 1 rings (SSSR count). The molecule has 1 saturated heterocycles. The van der Waals surface area contributed by atoms with Gasteiger partial charge >= 0.3 is 0 Å². The van der Waals surface area contributed by atoms with Gasteiger partial charge in [0.1, 0.15) is 24.4 Å². The van der Waals surface area contributed by atoms with Gasteiger partial charge in [0.25, 0.3) is 0 Å². The molecule has 0 aromatic heterocycles. The van der Waals surface area contributed by atoms with Crippen molar-refractivity contribution < 1.29 is 24.8 Å². The average molecular weight is 330 g/mol. The van der Waals surface area contributed by atoms with E-state index in [9.17, 15) is 10.2 Å². The summed E-state index contributed by atoms with van der Waals surface area (Å²) in [7, 11) is 0. The second-order valence-electron chi connectivity index (χ2n) is 6.26. The Hall–Kier alpha value is -0.460. The second kappa shape index (κ2) is 12.9. The Bertz CT molecular complexity index is 308. The Morgan fingerprint density at radius 3 is 2.39 bits per heavy atom. The molecule has 0 amide bonds. The van der Waals surface area contributed by atoms with Gasteiger partial charge in [0.15, 0.2) is 0 Å². The lowest BCUT2D eigenvalue weighted by molar-refractivity contribution is -0.210. The Morgan fingerprint density at radius 2 is 1.74 bits per heavy atom. The van der Waals surface area contributed by atoms with Crippen molar-refractivity contribution >= 4 is 0 Å². The highest BCUT2D eigenvalue weighted by Crippen LogP contribution is 2.18. The van der Waals surface area contributed by atoms with Crippen LogP contribution in [0.25, 0.3) is 0 Å². The summed E-state index contributed by atoms with van der Waals surface area (Å²) in [5, 5.41) is 28.9. The van der Waals surface area contributed by atoms with Crippen molar-refractivity contribution in [1.29, 1.82) is 0 Å². The van der Waals surface area contributed by atoms with Crippen LogP contribution in [0.15, 0.2) is 12.2 Å². The minimum absolute atomic E-state index is 0.0910. The van der Waals surface area contributed by atoms with E-state index in [4.69, 9.17) is 14.6 Å². The van der Waals surface area contributed by atoms with Gasteiger partial charge in [-0.2, -0.15) is 0 Å². The maximum atomic E-state index is 9.98. The van der Waals surface area contributed by atoms with Gasteiger partial charge in [-0.3, -0.25) is 0 Å². The molecular formula is C18H34O5. The van der Waals surface area contributed by atoms with Crippen LogP contribution in [0.5, 0.6) is 0 Å². The number of aliphatic hydroxyl groups excluding tert-OH is 3. The molecule has 0 spiro atoms. The van der Waals surface area contributed by atoms with Gasteiger partial charge in [0, 0.05) is 6.61 Å². The van der Waals surface area contributed by atoms with E-state index in [0.29, 0.717) is 6.61 Å². The van der Waals surface area contributed by atoms with E-state index in [-0.39, 0.29) is 13.2 Å². The Balaban J connectivity index is 2.04. The molecule has 1 aliphatic rings. The molecule has 4 atom stereocenters. The van der Waals surface area contributed by atoms with Crippen molar-refractivity contribution in [2.24, 2.45) is 0 Å².